The molecule has 2 rings (SSSR count). The van der Waals surface area contributed by atoms with Gasteiger partial charge in [0.15, 0.2) is 0 Å². The van der Waals surface area contributed by atoms with E-state index in [9.17, 15) is 0 Å². The van der Waals surface area contributed by atoms with E-state index in [0.29, 0.717) is 0 Å². The fraction of sp³-hybridized carbons (Fsp3) is 0.143. The summed E-state index contributed by atoms with van der Waals surface area (Å²) in [5.41, 5.74) is 1.14. The van der Waals surface area contributed by atoms with E-state index in [0.717, 1.165) is 12.1 Å². The molecule has 0 saturated heterocycles. The molecule has 0 N–H and O–H groups in total. The van der Waals surface area contributed by atoms with Crippen LogP contribution in [0.5, 0.6) is 0 Å². The molecule has 0 aromatic carbocycles. The van der Waals surface area contributed by atoms with Crippen LogP contribution in [0.2, 0.25) is 0 Å². The number of rotatable bonds is 0. The molecule has 50 valence electrons. The first-order valence-electron chi connectivity index (χ1n) is 3.07. The Hall–Kier alpha value is -0.830. The number of nitrogens with zero attached hydrogens (tertiary/aromatic N) is 2. The fourth-order valence-corrected chi connectivity index (χ4v) is 1.61. The molecule has 0 atom stereocenters. The summed E-state index contributed by atoms with van der Waals surface area (Å²) in [6.07, 6.45) is 6.51. The van der Waals surface area contributed by atoms with Gasteiger partial charge in [-0.15, -0.1) is 0 Å². The van der Waals surface area contributed by atoms with Crippen LogP contribution < -0.4 is 0 Å². The van der Waals surface area contributed by atoms with Gasteiger partial charge >= 0.3 is 0 Å². The molecule has 0 spiro atoms. The predicted molar refractivity (Wildman–Crippen MR) is 40.7 cm³/mol. The minimum Gasteiger partial charge on any atom is -0.244 e. The second-order valence-corrected chi connectivity index (χ2v) is 2.98. The maximum atomic E-state index is 4.14. The Kier molecular flexibility index (Phi) is 1.43. The number of fused-ring (bicyclic) bond motifs is 1. The Morgan fingerprint density at radius 2 is 2.50 bits per heavy atom. The number of allylic oxidation sites excluding steroid dienone is 1. The van der Waals surface area contributed by atoms with Crippen molar-refractivity contribution in [2.24, 2.45) is 0 Å². The molecule has 0 saturated carbocycles. The van der Waals surface area contributed by atoms with Crippen LogP contribution in [0.25, 0.3) is 0 Å². The van der Waals surface area contributed by atoms with E-state index in [1.54, 1.807) is 18.1 Å². The van der Waals surface area contributed by atoms with Crippen LogP contribution in [-0.2, 0) is 6.42 Å². The molecule has 1 aliphatic rings. The summed E-state index contributed by atoms with van der Waals surface area (Å²) in [4.78, 5) is 9.25. The van der Waals surface area contributed by atoms with Gasteiger partial charge in [-0.3, -0.25) is 0 Å². The summed E-state index contributed by atoms with van der Waals surface area (Å²) in [5.74, 6) is 0. The topological polar surface area (TPSA) is 25.8 Å². The largest absolute Gasteiger partial charge is 0.244 e. The van der Waals surface area contributed by atoms with Crippen molar-refractivity contribution in [3.8, 4) is 0 Å². The van der Waals surface area contributed by atoms with Crippen molar-refractivity contribution in [2.45, 2.75) is 11.3 Å². The van der Waals surface area contributed by atoms with Crippen molar-refractivity contribution in [3.05, 3.63) is 29.7 Å². The Bertz CT molecular complexity index is 243. The maximum absolute atomic E-state index is 4.14. The van der Waals surface area contributed by atoms with E-state index in [4.69, 9.17) is 0 Å². The number of thioether (sulfide) groups is 1. The van der Waals surface area contributed by atoms with Crippen molar-refractivity contribution in [1.29, 1.82) is 0 Å². The van der Waals surface area contributed by atoms with Gasteiger partial charge in [0.1, 0.15) is 6.33 Å². The van der Waals surface area contributed by atoms with Crippen molar-refractivity contribution >= 4 is 11.8 Å². The molecule has 0 amide bonds. The molecule has 2 nitrogen and oxygen atoms in total. The molecular formula is C7H6N2S. The highest BCUT2D eigenvalue weighted by molar-refractivity contribution is 8.02. The third kappa shape index (κ3) is 0.926. The van der Waals surface area contributed by atoms with E-state index in [-0.39, 0.29) is 0 Å². The smallest absolute Gasteiger partial charge is 0.115 e. The van der Waals surface area contributed by atoms with E-state index < -0.39 is 0 Å². The number of aromatic nitrogens is 2. The lowest BCUT2D eigenvalue weighted by Gasteiger charge is -2.05. The lowest BCUT2D eigenvalue weighted by Crippen LogP contribution is -1.94. The zero-order valence-electron chi connectivity index (χ0n) is 5.32. The summed E-state index contributed by atoms with van der Waals surface area (Å²) in [6, 6.07) is 0. The minimum atomic E-state index is 0.949. The van der Waals surface area contributed by atoms with E-state index >= 15 is 0 Å². The number of hydrogen-bond donors (Lipinski definition) is 0. The van der Waals surface area contributed by atoms with Gasteiger partial charge in [-0.2, -0.15) is 0 Å². The third-order valence-electron chi connectivity index (χ3n) is 1.36. The summed E-state index contributed by atoms with van der Waals surface area (Å²) in [5, 5.41) is 2.08. The summed E-state index contributed by atoms with van der Waals surface area (Å²) >= 11 is 1.68. The first-order valence-corrected chi connectivity index (χ1v) is 3.95. The minimum absolute atomic E-state index is 0.949. The Morgan fingerprint density at radius 3 is 3.40 bits per heavy atom. The van der Waals surface area contributed by atoms with Gasteiger partial charge in [0.2, 0.25) is 0 Å². The van der Waals surface area contributed by atoms with Crippen molar-refractivity contribution < 1.29 is 0 Å². The Labute approximate surface area is 63.4 Å². The number of hydrogen-bond acceptors (Lipinski definition) is 3. The average molecular weight is 150 g/mol. The van der Waals surface area contributed by atoms with Crippen LogP contribution >= 0.6 is 11.8 Å². The lowest BCUT2D eigenvalue weighted by molar-refractivity contribution is 0.976. The van der Waals surface area contributed by atoms with Gasteiger partial charge in [0, 0.05) is 12.6 Å². The summed E-state index contributed by atoms with van der Waals surface area (Å²) in [6.45, 7) is 0. The summed E-state index contributed by atoms with van der Waals surface area (Å²) < 4.78 is 0. The van der Waals surface area contributed by atoms with Crippen LogP contribution in [0.15, 0.2) is 28.9 Å². The molecule has 1 aromatic heterocycles. The SMILES string of the molecule is C1=CSc2cncnc2C1. The van der Waals surface area contributed by atoms with E-state index in [1.807, 2.05) is 6.20 Å². The quantitative estimate of drug-likeness (QED) is 0.562. The van der Waals surface area contributed by atoms with Crippen LogP contribution in [-0.4, -0.2) is 9.97 Å². The Balaban J connectivity index is 2.47. The highest BCUT2D eigenvalue weighted by Gasteiger charge is 2.04. The first kappa shape index (κ1) is 5.92. The molecule has 2 heterocycles. The first-order chi connectivity index (χ1) is 4.97. The van der Waals surface area contributed by atoms with E-state index in [1.165, 1.54) is 4.90 Å². The standard InChI is InChI=1S/C7H6N2S/c1-2-6-7(10-3-1)4-8-5-9-6/h1,3-5H,2H2. The van der Waals surface area contributed by atoms with Gasteiger partial charge in [-0.05, 0) is 5.41 Å². The highest BCUT2D eigenvalue weighted by Crippen LogP contribution is 2.25. The van der Waals surface area contributed by atoms with Crippen LogP contribution in [0, 0.1) is 0 Å². The van der Waals surface area contributed by atoms with Gasteiger partial charge in [-0.25, -0.2) is 9.97 Å². The zero-order valence-corrected chi connectivity index (χ0v) is 6.14. The zero-order chi connectivity index (χ0) is 6.81. The van der Waals surface area contributed by atoms with Gasteiger partial charge < -0.3 is 0 Å². The highest BCUT2D eigenvalue weighted by atomic mass is 32.2. The Morgan fingerprint density at radius 1 is 1.50 bits per heavy atom. The molecule has 1 aromatic rings. The second-order valence-electron chi connectivity index (χ2n) is 2.03. The molecule has 1 aliphatic heterocycles. The monoisotopic (exact) mass is 150 g/mol. The normalized spacial score (nSPS) is 14.8. The van der Waals surface area contributed by atoms with Crippen molar-refractivity contribution in [1.82, 2.24) is 9.97 Å². The van der Waals surface area contributed by atoms with Crippen LogP contribution in [0.1, 0.15) is 5.69 Å². The molecule has 0 radical (unpaired) electrons. The second kappa shape index (κ2) is 2.42. The molecule has 10 heavy (non-hydrogen) atoms. The molecule has 3 heteroatoms. The van der Waals surface area contributed by atoms with Gasteiger partial charge in [0.25, 0.3) is 0 Å². The van der Waals surface area contributed by atoms with Crippen molar-refractivity contribution in [2.75, 3.05) is 0 Å². The van der Waals surface area contributed by atoms with Crippen LogP contribution in [0.3, 0.4) is 0 Å². The molecule has 0 bridgehead atoms. The molecule has 0 fully saturated rings. The van der Waals surface area contributed by atoms with Gasteiger partial charge in [-0.1, -0.05) is 17.8 Å². The molecule has 0 unspecified atom stereocenters. The predicted octanol–water partition coefficient (Wildman–Crippen LogP) is 1.64. The molecular weight excluding hydrogens is 144 g/mol. The fourth-order valence-electron chi connectivity index (χ4n) is 0.875. The maximum Gasteiger partial charge on any atom is 0.115 e. The van der Waals surface area contributed by atoms with Crippen LogP contribution in [0.4, 0.5) is 0 Å². The summed E-state index contributed by atoms with van der Waals surface area (Å²) in [7, 11) is 0. The van der Waals surface area contributed by atoms with Crippen molar-refractivity contribution in [3.63, 3.8) is 0 Å². The van der Waals surface area contributed by atoms with Gasteiger partial charge in [0.05, 0.1) is 10.6 Å². The van der Waals surface area contributed by atoms with E-state index in [2.05, 4.69) is 21.5 Å². The lowest BCUT2D eigenvalue weighted by atomic mass is 10.3. The third-order valence-corrected chi connectivity index (χ3v) is 2.28. The molecule has 0 aliphatic carbocycles. The average Bonchev–Trinajstić information content (AvgIpc) is 2.05.